The molecular weight excluding hydrogens is 444 g/mol. The van der Waals surface area contributed by atoms with Gasteiger partial charge in [-0.3, -0.25) is 9.89 Å². The van der Waals surface area contributed by atoms with Gasteiger partial charge in [-0.2, -0.15) is 15.1 Å². The summed E-state index contributed by atoms with van der Waals surface area (Å²) in [6, 6.07) is 15.5. The van der Waals surface area contributed by atoms with Crippen molar-refractivity contribution in [2.75, 3.05) is 47.2 Å². The molecule has 4 aromatic rings. The molecule has 5 rings (SSSR count). The number of carbonyl (C=O) groups excluding carboxylic acids is 1. The molecule has 178 valence electrons. The average Bonchev–Trinajstić information content (AvgIpc) is 3.26. The molecule has 4 N–H and O–H groups in total. The van der Waals surface area contributed by atoms with Crippen molar-refractivity contribution in [2.24, 2.45) is 0 Å². The number of H-pyrrole nitrogens is 1. The van der Waals surface area contributed by atoms with Crippen LogP contribution in [0.4, 0.5) is 34.5 Å². The summed E-state index contributed by atoms with van der Waals surface area (Å²) < 4.78 is 5.44. The fourth-order valence-electron chi connectivity index (χ4n) is 3.93. The van der Waals surface area contributed by atoms with Crippen molar-refractivity contribution < 1.29 is 9.53 Å². The van der Waals surface area contributed by atoms with E-state index in [1.54, 1.807) is 6.07 Å². The van der Waals surface area contributed by atoms with Gasteiger partial charge in [0.15, 0.2) is 5.65 Å². The molecule has 10 nitrogen and oxygen atoms in total. The van der Waals surface area contributed by atoms with Gasteiger partial charge in [0.2, 0.25) is 11.9 Å². The van der Waals surface area contributed by atoms with Gasteiger partial charge in [0.1, 0.15) is 5.82 Å². The van der Waals surface area contributed by atoms with Crippen molar-refractivity contribution in [2.45, 2.75) is 6.92 Å². The Morgan fingerprint density at radius 1 is 1.06 bits per heavy atom. The standard InChI is InChI=1S/C25H26N8O2/c1-3-21(34)26-18-5-4-6-19(15-18)27-23-22-16(2)31-32-24(22)30-25(29-23)28-17-7-9-20(10-8-17)33-11-13-35-14-12-33/h3-10,15H,1,11-14H2,2H3,(H,26,34)(H3,27,28,29,30,31,32). The average molecular weight is 471 g/mol. The molecule has 0 aliphatic carbocycles. The maximum Gasteiger partial charge on any atom is 0.247 e. The number of hydrogen-bond acceptors (Lipinski definition) is 8. The number of rotatable bonds is 7. The minimum Gasteiger partial charge on any atom is -0.378 e. The Balaban J connectivity index is 1.40. The molecule has 0 unspecified atom stereocenters. The van der Waals surface area contributed by atoms with Gasteiger partial charge in [-0.15, -0.1) is 0 Å². The van der Waals surface area contributed by atoms with Crippen LogP contribution in [0.5, 0.6) is 0 Å². The van der Waals surface area contributed by atoms with Gasteiger partial charge in [-0.25, -0.2) is 0 Å². The Morgan fingerprint density at radius 3 is 2.60 bits per heavy atom. The van der Waals surface area contributed by atoms with Gasteiger partial charge in [0.05, 0.1) is 18.6 Å². The number of nitrogens with zero attached hydrogens (tertiary/aromatic N) is 4. The molecule has 3 heterocycles. The van der Waals surface area contributed by atoms with Gasteiger partial charge < -0.3 is 25.6 Å². The fourth-order valence-corrected chi connectivity index (χ4v) is 3.93. The summed E-state index contributed by atoms with van der Waals surface area (Å²) in [5.74, 6) is 0.742. The molecule has 1 aliphatic rings. The molecule has 2 aromatic heterocycles. The molecule has 35 heavy (non-hydrogen) atoms. The molecule has 0 atom stereocenters. The van der Waals surface area contributed by atoms with E-state index in [9.17, 15) is 4.79 Å². The molecule has 1 aliphatic heterocycles. The zero-order valence-electron chi connectivity index (χ0n) is 19.3. The number of amides is 1. The first-order valence-electron chi connectivity index (χ1n) is 11.3. The highest BCUT2D eigenvalue weighted by Gasteiger charge is 2.15. The maximum atomic E-state index is 11.7. The Labute approximate surface area is 202 Å². The van der Waals surface area contributed by atoms with Crippen LogP contribution in [-0.2, 0) is 9.53 Å². The highest BCUT2D eigenvalue weighted by Crippen LogP contribution is 2.29. The summed E-state index contributed by atoms with van der Waals surface area (Å²) in [7, 11) is 0. The van der Waals surface area contributed by atoms with Crippen LogP contribution in [0.15, 0.2) is 61.2 Å². The summed E-state index contributed by atoms with van der Waals surface area (Å²) in [5, 5.41) is 17.5. The number of aromatic amines is 1. The number of hydrogen-bond donors (Lipinski definition) is 4. The molecular formula is C25H26N8O2. The molecule has 2 aromatic carbocycles. The van der Waals surface area contributed by atoms with Crippen LogP contribution in [0.2, 0.25) is 0 Å². The van der Waals surface area contributed by atoms with Crippen molar-refractivity contribution in [3.63, 3.8) is 0 Å². The first-order valence-corrected chi connectivity index (χ1v) is 11.3. The molecule has 0 spiro atoms. The summed E-state index contributed by atoms with van der Waals surface area (Å²) >= 11 is 0. The predicted molar refractivity (Wildman–Crippen MR) is 138 cm³/mol. The number of benzene rings is 2. The first kappa shape index (κ1) is 22.4. The van der Waals surface area contributed by atoms with Gasteiger partial charge in [0, 0.05) is 41.5 Å². The van der Waals surface area contributed by atoms with Crippen LogP contribution in [0.3, 0.4) is 0 Å². The number of anilines is 6. The van der Waals surface area contributed by atoms with Crippen LogP contribution < -0.4 is 20.9 Å². The Kier molecular flexibility index (Phi) is 6.27. The van der Waals surface area contributed by atoms with Crippen LogP contribution in [0.25, 0.3) is 11.0 Å². The number of aromatic nitrogens is 4. The van der Waals surface area contributed by atoms with E-state index in [2.05, 4.69) is 54.7 Å². The molecule has 1 saturated heterocycles. The summed E-state index contributed by atoms with van der Waals surface area (Å²) in [6.45, 7) is 8.67. The minimum atomic E-state index is -0.275. The van der Waals surface area contributed by atoms with E-state index in [-0.39, 0.29) is 5.91 Å². The van der Waals surface area contributed by atoms with Crippen molar-refractivity contribution in [1.29, 1.82) is 0 Å². The topological polar surface area (TPSA) is 120 Å². The van der Waals surface area contributed by atoms with Crippen LogP contribution in [0.1, 0.15) is 5.69 Å². The summed E-state index contributed by atoms with van der Waals surface area (Å²) in [6.07, 6.45) is 1.23. The lowest BCUT2D eigenvalue weighted by Gasteiger charge is -2.28. The zero-order valence-corrected chi connectivity index (χ0v) is 19.3. The number of ether oxygens (including phenoxy) is 1. The number of fused-ring (bicyclic) bond motifs is 1. The molecule has 0 saturated carbocycles. The van der Waals surface area contributed by atoms with Crippen molar-refractivity contribution in [3.05, 3.63) is 66.9 Å². The third-order valence-corrected chi connectivity index (χ3v) is 5.67. The largest absolute Gasteiger partial charge is 0.378 e. The second-order valence-corrected chi connectivity index (χ2v) is 8.11. The lowest BCUT2D eigenvalue weighted by Crippen LogP contribution is -2.36. The van der Waals surface area contributed by atoms with Gasteiger partial charge in [-0.05, 0) is 55.5 Å². The molecule has 0 bridgehead atoms. The second kappa shape index (κ2) is 9.82. The first-order chi connectivity index (χ1) is 17.1. The smallest absolute Gasteiger partial charge is 0.247 e. The van der Waals surface area contributed by atoms with Crippen LogP contribution in [0, 0.1) is 6.92 Å². The van der Waals surface area contributed by atoms with E-state index in [1.165, 1.54) is 6.08 Å². The van der Waals surface area contributed by atoms with Gasteiger partial charge >= 0.3 is 0 Å². The van der Waals surface area contributed by atoms with Gasteiger partial charge in [-0.1, -0.05) is 12.6 Å². The number of aryl methyl sites for hydroxylation is 1. The van der Waals surface area contributed by atoms with E-state index in [4.69, 9.17) is 9.72 Å². The normalized spacial score (nSPS) is 13.5. The SMILES string of the molecule is C=CC(=O)Nc1cccc(Nc2nc(Nc3ccc(N4CCOCC4)cc3)nc3n[nH]c(C)c23)c1. The van der Waals surface area contributed by atoms with Crippen molar-refractivity contribution >= 4 is 51.5 Å². The van der Waals surface area contributed by atoms with Gasteiger partial charge in [0.25, 0.3) is 0 Å². The monoisotopic (exact) mass is 470 g/mol. The van der Waals surface area contributed by atoms with Crippen LogP contribution >= 0.6 is 0 Å². The number of morpholine rings is 1. The lowest BCUT2D eigenvalue weighted by atomic mass is 10.2. The van der Waals surface area contributed by atoms with Crippen molar-refractivity contribution in [3.8, 4) is 0 Å². The third-order valence-electron chi connectivity index (χ3n) is 5.67. The fraction of sp³-hybridized carbons (Fsp3) is 0.200. The van der Waals surface area contributed by atoms with E-state index in [0.717, 1.165) is 54.4 Å². The Morgan fingerprint density at radius 2 is 1.83 bits per heavy atom. The highest BCUT2D eigenvalue weighted by molar-refractivity contribution is 5.99. The number of carbonyl (C=O) groups is 1. The second-order valence-electron chi connectivity index (χ2n) is 8.11. The lowest BCUT2D eigenvalue weighted by molar-refractivity contribution is -0.111. The molecule has 0 radical (unpaired) electrons. The quantitative estimate of drug-likeness (QED) is 0.298. The van der Waals surface area contributed by atoms with E-state index in [0.29, 0.717) is 23.1 Å². The molecule has 1 amide bonds. The van der Waals surface area contributed by atoms with Crippen molar-refractivity contribution in [1.82, 2.24) is 20.2 Å². The summed E-state index contributed by atoms with van der Waals surface area (Å²) in [4.78, 5) is 23.3. The van der Waals surface area contributed by atoms with E-state index in [1.807, 2.05) is 37.3 Å². The van der Waals surface area contributed by atoms with E-state index < -0.39 is 0 Å². The minimum absolute atomic E-state index is 0.275. The van der Waals surface area contributed by atoms with Crippen LogP contribution in [-0.4, -0.2) is 52.4 Å². The highest BCUT2D eigenvalue weighted by atomic mass is 16.5. The summed E-state index contributed by atoms with van der Waals surface area (Å²) in [5.41, 5.74) is 4.82. The predicted octanol–water partition coefficient (Wildman–Crippen LogP) is 4.11. The third kappa shape index (κ3) is 5.07. The van der Waals surface area contributed by atoms with E-state index >= 15 is 0 Å². The Bertz CT molecular complexity index is 1360. The molecule has 1 fully saturated rings. The Hall–Kier alpha value is -4.44. The zero-order chi connectivity index (χ0) is 24.2. The molecule has 10 heteroatoms. The maximum absolute atomic E-state index is 11.7. The number of nitrogens with one attached hydrogen (secondary N) is 4.